The molecule has 0 unspecified atom stereocenters. The molecule has 3 aromatic heterocycles. The number of nitrogens with two attached hydrogens (primary N) is 1. The van der Waals surface area contributed by atoms with Gasteiger partial charge in [0.25, 0.3) is 11.5 Å². The summed E-state index contributed by atoms with van der Waals surface area (Å²) in [5, 5.41) is 26.2. The van der Waals surface area contributed by atoms with Crippen molar-refractivity contribution in [3.63, 3.8) is 0 Å². The van der Waals surface area contributed by atoms with Crippen LogP contribution in [-0.4, -0.2) is 34.4 Å². The maximum Gasteiger partial charge on any atom is 0.336 e. The number of aromatic amines is 1. The fraction of sp³-hybridized carbons (Fsp3) is 0.0606. The second-order valence-electron chi connectivity index (χ2n) is 10.3. The van der Waals surface area contributed by atoms with Gasteiger partial charge in [-0.15, -0.1) is 0 Å². The molecule has 0 aliphatic carbocycles. The van der Waals surface area contributed by atoms with Crippen LogP contribution < -0.4 is 22.1 Å². The van der Waals surface area contributed by atoms with Crippen LogP contribution in [-0.2, 0) is 6.42 Å². The molecule has 0 radical (unpaired) electrons. The molecule has 9 heteroatoms. The van der Waals surface area contributed by atoms with Crippen LogP contribution in [0.3, 0.4) is 0 Å². The van der Waals surface area contributed by atoms with Crippen LogP contribution in [0, 0.1) is 5.41 Å². The van der Waals surface area contributed by atoms with Crippen molar-refractivity contribution in [2.45, 2.75) is 6.42 Å². The van der Waals surface area contributed by atoms with E-state index < -0.39 is 23.3 Å². The predicted molar refractivity (Wildman–Crippen MR) is 161 cm³/mol. The number of amides is 2. The van der Waals surface area contributed by atoms with Crippen molar-refractivity contribution in [3.05, 3.63) is 111 Å². The van der Waals surface area contributed by atoms with E-state index in [1.165, 1.54) is 12.1 Å². The molecule has 10 bridgehead atoms. The van der Waals surface area contributed by atoms with Gasteiger partial charge in [0.1, 0.15) is 5.49 Å². The Morgan fingerprint density at radius 3 is 2.10 bits per heavy atom. The topological polar surface area (TPSA) is 166 Å². The number of carbonyl (C=O) groups is 3. The lowest BCUT2D eigenvalue weighted by atomic mass is 9.83. The van der Waals surface area contributed by atoms with Gasteiger partial charge >= 0.3 is 5.97 Å². The maximum absolute atomic E-state index is 13.7. The number of hydrogen-bond donors (Lipinski definition) is 5. The van der Waals surface area contributed by atoms with Crippen LogP contribution in [0.15, 0.2) is 77.6 Å². The molecule has 0 atom stereocenters. The average Bonchev–Trinajstić information content (AvgIpc) is 2.99. The summed E-state index contributed by atoms with van der Waals surface area (Å²) in [6, 6.07) is 20.9. The summed E-state index contributed by atoms with van der Waals surface area (Å²) < 4.78 is 0. The molecule has 9 nitrogen and oxygen atoms in total. The van der Waals surface area contributed by atoms with Gasteiger partial charge in [-0.1, -0.05) is 48.5 Å². The lowest BCUT2D eigenvalue weighted by Crippen LogP contribution is -2.26. The Morgan fingerprint density at radius 2 is 1.36 bits per heavy atom. The summed E-state index contributed by atoms with van der Waals surface area (Å²) in [6.07, 6.45) is 0.607. The van der Waals surface area contributed by atoms with Gasteiger partial charge in [-0.2, -0.15) is 0 Å². The van der Waals surface area contributed by atoms with E-state index in [0.717, 1.165) is 5.56 Å². The van der Waals surface area contributed by atoms with E-state index >= 15 is 0 Å². The highest BCUT2D eigenvalue weighted by atomic mass is 16.4. The van der Waals surface area contributed by atoms with Gasteiger partial charge < -0.3 is 21.1 Å². The van der Waals surface area contributed by atoms with Crippen LogP contribution >= 0.6 is 0 Å². The van der Waals surface area contributed by atoms with Crippen molar-refractivity contribution in [2.24, 2.45) is 5.73 Å². The van der Waals surface area contributed by atoms with E-state index in [1.54, 1.807) is 30.3 Å². The van der Waals surface area contributed by atoms with Crippen molar-refractivity contribution in [2.75, 3.05) is 6.54 Å². The van der Waals surface area contributed by atoms with E-state index in [4.69, 9.17) is 11.1 Å². The van der Waals surface area contributed by atoms with Gasteiger partial charge in [0.15, 0.2) is 0 Å². The molecule has 0 aliphatic heterocycles. The van der Waals surface area contributed by atoms with Gasteiger partial charge in [0, 0.05) is 44.6 Å². The zero-order valence-electron chi connectivity index (χ0n) is 22.0. The third kappa shape index (κ3) is 3.53. The van der Waals surface area contributed by atoms with Gasteiger partial charge in [0.2, 0.25) is 5.91 Å². The number of aromatic nitrogens is 1. The lowest BCUT2D eigenvalue weighted by molar-refractivity contribution is 0.0698. The summed E-state index contributed by atoms with van der Waals surface area (Å²) in [5.41, 5.74) is 6.01. The van der Waals surface area contributed by atoms with Crippen molar-refractivity contribution in [1.82, 2.24) is 10.3 Å². The number of nitrogens with one attached hydrogen (secondary N) is 3. The first-order valence-corrected chi connectivity index (χ1v) is 13.3. The van der Waals surface area contributed by atoms with Crippen LogP contribution in [0.1, 0.15) is 36.6 Å². The van der Waals surface area contributed by atoms with E-state index in [9.17, 15) is 24.3 Å². The summed E-state index contributed by atoms with van der Waals surface area (Å²) >= 11 is 0. The lowest BCUT2D eigenvalue weighted by Gasteiger charge is -2.19. The van der Waals surface area contributed by atoms with Crippen molar-refractivity contribution in [1.29, 1.82) is 5.41 Å². The Labute approximate surface area is 236 Å². The minimum absolute atomic E-state index is 0.0922. The molecule has 204 valence electrons. The number of hydrogen-bond acceptors (Lipinski definition) is 5. The molecular weight excluding hydrogens is 532 g/mol. The molecule has 0 aliphatic rings. The number of carbonyl (C=O) groups excluding carboxylic acids is 2. The van der Waals surface area contributed by atoms with Crippen molar-refractivity contribution >= 4 is 71.6 Å². The first-order valence-electron chi connectivity index (χ1n) is 13.3. The standard InChI is InChI=1S/C33H22N4O5/c34-29-22-14-23(33(41)42)25-18-8-9-19(30(35)38)26-21(32(40)37-29)11-6-16(24(18)26)17-7-10-20(27(22)28(17)25)31(39)36-13-12-15-4-2-1-3-5-15/h1-11,14H,12-13H2,(H2,35,38)(H,36,39)(H,41,42)(H2,34,37,40). The van der Waals surface area contributed by atoms with E-state index in [1.807, 2.05) is 30.3 Å². The zero-order valence-corrected chi connectivity index (χ0v) is 22.0. The highest BCUT2D eigenvalue weighted by Gasteiger charge is 2.26. The van der Waals surface area contributed by atoms with Gasteiger partial charge in [-0.25, -0.2) is 4.79 Å². The first kappa shape index (κ1) is 25.2. The van der Waals surface area contributed by atoms with Crippen LogP contribution in [0.2, 0.25) is 0 Å². The number of rotatable bonds is 6. The van der Waals surface area contributed by atoms with Gasteiger partial charge in [0.05, 0.1) is 5.56 Å². The molecule has 9 aromatic rings. The third-order valence-electron chi connectivity index (χ3n) is 8.04. The number of H-pyrrole nitrogens is 1. The molecular formula is C33H22N4O5. The molecule has 0 fully saturated rings. The monoisotopic (exact) mass is 554 g/mol. The molecule has 9 rings (SSSR count). The Balaban J connectivity index is 1.65. The smallest absolute Gasteiger partial charge is 0.336 e. The number of carboxylic acids is 1. The van der Waals surface area contributed by atoms with Crippen LogP contribution in [0.5, 0.6) is 0 Å². The summed E-state index contributed by atoms with van der Waals surface area (Å²) in [4.78, 5) is 55.0. The molecule has 0 spiro atoms. The second-order valence-corrected chi connectivity index (χ2v) is 10.3. The third-order valence-corrected chi connectivity index (χ3v) is 8.04. The molecule has 42 heavy (non-hydrogen) atoms. The highest BCUT2D eigenvalue weighted by Crippen LogP contribution is 2.45. The molecule has 6 aromatic carbocycles. The predicted octanol–water partition coefficient (Wildman–Crippen LogP) is 4.27. The number of primary amides is 1. The minimum atomic E-state index is -1.23. The second kappa shape index (κ2) is 9.10. The summed E-state index contributed by atoms with van der Waals surface area (Å²) in [5.74, 6) is -2.37. The number of benzene rings is 6. The first-order chi connectivity index (χ1) is 20.3. The Morgan fingerprint density at radius 1 is 0.738 bits per heavy atom. The highest BCUT2D eigenvalue weighted by molar-refractivity contribution is 6.41. The van der Waals surface area contributed by atoms with Crippen LogP contribution in [0.25, 0.3) is 53.9 Å². The maximum atomic E-state index is 13.7. The fourth-order valence-corrected chi connectivity index (χ4v) is 6.26. The number of fused-ring (bicyclic) bond motifs is 1. The molecule has 0 saturated carbocycles. The minimum Gasteiger partial charge on any atom is -0.478 e. The largest absolute Gasteiger partial charge is 0.478 e. The van der Waals surface area contributed by atoms with E-state index in [-0.39, 0.29) is 38.3 Å². The van der Waals surface area contributed by atoms with Crippen molar-refractivity contribution < 1.29 is 19.5 Å². The normalized spacial score (nSPS) is 11.7. The SMILES string of the molecule is N=c1[nH]c(=O)c2ccc3c4ccc(C(=O)NCCc5ccccc5)c5c1cc(C(=O)O)c(c1ccc(C(N)=O)c2c31)c45. The van der Waals surface area contributed by atoms with Crippen molar-refractivity contribution in [3.8, 4) is 0 Å². The molecule has 0 saturated heterocycles. The zero-order chi connectivity index (χ0) is 29.3. The fourth-order valence-electron chi connectivity index (χ4n) is 6.26. The van der Waals surface area contributed by atoms with E-state index in [0.29, 0.717) is 50.7 Å². The van der Waals surface area contributed by atoms with Gasteiger partial charge in [-0.05, 0) is 63.2 Å². The Bertz CT molecular complexity index is 2400. The number of carboxylic acid groups (broad SMARTS) is 1. The average molecular weight is 555 g/mol. The molecule has 6 N–H and O–H groups in total. The molecule has 3 heterocycles. The summed E-state index contributed by atoms with van der Waals surface area (Å²) in [7, 11) is 0. The molecule has 2 amide bonds. The van der Waals surface area contributed by atoms with Gasteiger partial charge in [-0.3, -0.25) is 19.8 Å². The summed E-state index contributed by atoms with van der Waals surface area (Å²) in [6.45, 7) is 0.357. The van der Waals surface area contributed by atoms with Crippen LogP contribution in [0.4, 0.5) is 0 Å². The Kier molecular flexibility index (Phi) is 5.45. The number of aromatic carboxylic acids is 1. The Hall–Kier alpha value is -5.83. The van der Waals surface area contributed by atoms with E-state index in [2.05, 4.69) is 10.3 Å². The quantitative estimate of drug-likeness (QED) is 0.153.